The zero-order valence-electron chi connectivity index (χ0n) is 11.0. The molecule has 2 aliphatic carbocycles. The summed E-state index contributed by atoms with van der Waals surface area (Å²) < 4.78 is 11.4. The van der Waals surface area contributed by atoms with Gasteiger partial charge in [-0.05, 0) is 26.7 Å². The molecule has 2 atom stereocenters. The molecule has 0 aromatic carbocycles. The van der Waals surface area contributed by atoms with Crippen LogP contribution in [0.5, 0.6) is 0 Å². The lowest BCUT2D eigenvalue weighted by molar-refractivity contribution is -0.180. The summed E-state index contributed by atoms with van der Waals surface area (Å²) in [6, 6.07) is 0. The number of carbonyl (C=O) groups is 1. The number of carbonyl (C=O) groups excluding carboxylic acids is 1. The zero-order chi connectivity index (χ0) is 12.3. The molecule has 2 rings (SSSR count). The number of hydrogen-bond donors (Lipinski definition) is 0. The van der Waals surface area contributed by atoms with E-state index in [1.807, 2.05) is 13.8 Å². The van der Waals surface area contributed by atoms with Crippen LogP contribution in [0, 0.1) is 5.41 Å². The monoisotopic (exact) mass is 240 g/mol. The van der Waals surface area contributed by atoms with Gasteiger partial charge >= 0.3 is 0 Å². The van der Waals surface area contributed by atoms with Crippen molar-refractivity contribution in [1.82, 2.24) is 0 Å². The molecule has 98 valence electrons. The molecule has 0 radical (unpaired) electrons. The Morgan fingerprint density at radius 2 is 2.06 bits per heavy atom. The highest BCUT2D eigenvalue weighted by Gasteiger charge is 2.55. The number of ketones is 1. The molecule has 0 amide bonds. The Hall–Kier alpha value is -0.410. The Morgan fingerprint density at radius 1 is 1.35 bits per heavy atom. The third-order valence-electron chi connectivity index (χ3n) is 4.24. The van der Waals surface area contributed by atoms with Crippen LogP contribution in [-0.4, -0.2) is 31.2 Å². The Bertz CT molecular complexity index is 269. The topological polar surface area (TPSA) is 35.5 Å². The maximum absolute atomic E-state index is 11.9. The Balaban J connectivity index is 1.86. The SMILES string of the molecule is CCOCC(C)OC1CC(=O)C12CCCCC2. The molecule has 0 heterocycles. The van der Waals surface area contributed by atoms with E-state index in [1.54, 1.807) is 0 Å². The van der Waals surface area contributed by atoms with E-state index in [9.17, 15) is 4.79 Å². The maximum Gasteiger partial charge on any atom is 0.144 e. The molecule has 2 fully saturated rings. The van der Waals surface area contributed by atoms with Gasteiger partial charge in [0.15, 0.2) is 0 Å². The van der Waals surface area contributed by atoms with Gasteiger partial charge < -0.3 is 9.47 Å². The van der Waals surface area contributed by atoms with E-state index in [0.29, 0.717) is 18.8 Å². The highest BCUT2D eigenvalue weighted by molar-refractivity contribution is 5.92. The summed E-state index contributed by atoms with van der Waals surface area (Å²) >= 11 is 0. The summed E-state index contributed by atoms with van der Waals surface area (Å²) in [5.41, 5.74) is -0.112. The number of ether oxygens (including phenoxy) is 2. The molecule has 0 bridgehead atoms. The molecular formula is C14H24O3. The molecule has 17 heavy (non-hydrogen) atoms. The van der Waals surface area contributed by atoms with Crippen LogP contribution in [0.4, 0.5) is 0 Å². The third-order valence-corrected chi connectivity index (χ3v) is 4.24. The van der Waals surface area contributed by atoms with Crippen LogP contribution < -0.4 is 0 Å². The number of hydrogen-bond acceptors (Lipinski definition) is 3. The first-order chi connectivity index (χ1) is 8.19. The lowest BCUT2D eigenvalue weighted by Crippen LogP contribution is -2.57. The van der Waals surface area contributed by atoms with Crippen LogP contribution in [0.15, 0.2) is 0 Å². The van der Waals surface area contributed by atoms with E-state index < -0.39 is 0 Å². The van der Waals surface area contributed by atoms with Crippen LogP contribution in [-0.2, 0) is 14.3 Å². The Kier molecular flexibility index (Phi) is 4.21. The van der Waals surface area contributed by atoms with Crippen molar-refractivity contribution in [3.8, 4) is 0 Å². The predicted molar refractivity (Wildman–Crippen MR) is 66.0 cm³/mol. The van der Waals surface area contributed by atoms with E-state index in [0.717, 1.165) is 19.4 Å². The summed E-state index contributed by atoms with van der Waals surface area (Å²) in [5, 5.41) is 0. The smallest absolute Gasteiger partial charge is 0.144 e. The quantitative estimate of drug-likeness (QED) is 0.741. The molecule has 2 unspecified atom stereocenters. The highest BCUT2D eigenvalue weighted by Crippen LogP contribution is 2.50. The van der Waals surface area contributed by atoms with Crippen LogP contribution in [0.2, 0.25) is 0 Å². The van der Waals surface area contributed by atoms with Gasteiger partial charge in [-0.15, -0.1) is 0 Å². The van der Waals surface area contributed by atoms with E-state index in [1.165, 1.54) is 19.3 Å². The molecular weight excluding hydrogens is 216 g/mol. The largest absolute Gasteiger partial charge is 0.379 e. The lowest BCUT2D eigenvalue weighted by atomic mass is 9.57. The minimum atomic E-state index is -0.112. The van der Waals surface area contributed by atoms with Gasteiger partial charge in [-0.2, -0.15) is 0 Å². The zero-order valence-corrected chi connectivity index (χ0v) is 11.0. The van der Waals surface area contributed by atoms with Crippen molar-refractivity contribution in [2.75, 3.05) is 13.2 Å². The van der Waals surface area contributed by atoms with Gasteiger partial charge in [0, 0.05) is 13.0 Å². The summed E-state index contributed by atoms with van der Waals surface area (Å²) in [4.78, 5) is 11.9. The average molecular weight is 240 g/mol. The molecule has 0 aromatic rings. The molecule has 0 saturated heterocycles. The van der Waals surface area contributed by atoms with Gasteiger partial charge in [0.25, 0.3) is 0 Å². The second kappa shape index (κ2) is 5.49. The fourth-order valence-electron chi connectivity index (χ4n) is 3.18. The molecule has 1 spiro atoms. The second-order valence-corrected chi connectivity index (χ2v) is 5.44. The third kappa shape index (κ3) is 2.55. The number of rotatable bonds is 5. The maximum atomic E-state index is 11.9. The predicted octanol–water partition coefficient (Wildman–Crippen LogP) is 2.72. The molecule has 0 N–H and O–H groups in total. The normalized spacial score (nSPS) is 29.1. The van der Waals surface area contributed by atoms with Gasteiger partial charge in [-0.3, -0.25) is 4.79 Å². The van der Waals surface area contributed by atoms with Crippen LogP contribution in [0.1, 0.15) is 52.4 Å². The van der Waals surface area contributed by atoms with E-state index in [4.69, 9.17) is 9.47 Å². The number of Topliss-reactive ketones (excluding diaryl/α,β-unsaturated/α-hetero) is 1. The fourth-order valence-corrected chi connectivity index (χ4v) is 3.18. The Labute approximate surface area is 104 Å². The van der Waals surface area contributed by atoms with Crippen molar-refractivity contribution < 1.29 is 14.3 Å². The summed E-state index contributed by atoms with van der Waals surface area (Å²) in [6.07, 6.45) is 6.61. The minimum absolute atomic E-state index is 0.104. The summed E-state index contributed by atoms with van der Waals surface area (Å²) in [6.45, 7) is 5.39. The van der Waals surface area contributed by atoms with Crippen LogP contribution in [0.25, 0.3) is 0 Å². The summed E-state index contributed by atoms with van der Waals surface area (Å²) in [5.74, 6) is 0.436. The second-order valence-electron chi connectivity index (χ2n) is 5.44. The minimum Gasteiger partial charge on any atom is -0.379 e. The highest BCUT2D eigenvalue weighted by atomic mass is 16.5. The van der Waals surface area contributed by atoms with E-state index in [2.05, 4.69) is 0 Å². The van der Waals surface area contributed by atoms with Crippen molar-refractivity contribution in [2.24, 2.45) is 5.41 Å². The van der Waals surface area contributed by atoms with Gasteiger partial charge in [-0.1, -0.05) is 19.3 Å². The average Bonchev–Trinajstić information content (AvgIpc) is 2.37. The molecule has 2 saturated carbocycles. The molecule has 3 nitrogen and oxygen atoms in total. The first kappa shape index (κ1) is 13.0. The summed E-state index contributed by atoms with van der Waals surface area (Å²) in [7, 11) is 0. The van der Waals surface area contributed by atoms with Crippen LogP contribution in [0.3, 0.4) is 0 Å². The standard InChI is InChI=1S/C14H24O3/c1-3-16-10-11(2)17-13-9-12(15)14(13)7-5-4-6-8-14/h11,13H,3-10H2,1-2H3. The fraction of sp³-hybridized carbons (Fsp3) is 0.929. The van der Waals surface area contributed by atoms with Gasteiger partial charge in [0.2, 0.25) is 0 Å². The molecule has 0 aliphatic heterocycles. The van der Waals surface area contributed by atoms with Crippen molar-refractivity contribution >= 4 is 5.78 Å². The molecule has 3 heteroatoms. The first-order valence-corrected chi connectivity index (χ1v) is 6.95. The van der Waals surface area contributed by atoms with Crippen molar-refractivity contribution in [3.05, 3.63) is 0 Å². The van der Waals surface area contributed by atoms with Gasteiger partial charge in [0.05, 0.1) is 24.2 Å². The van der Waals surface area contributed by atoms with Crippen molar-refractivity contribution in [1.29, 1.82) is 0 Å². The molecule has 0 aromatic heterocycles. The molecule has 2 aliphatic rings. The van der Waals surface area contributed by atoms with Crippen LogP contribution >= 0.6 is 0 Å². The van der Waals surface area contributed by atoms with E-state index >= 15 is 0 Å². The van der Waals surface area contributed by atoms with Gasteiger partial charge in [-0.25, -0.2) is 0 Å². The first-order valence-electron chi connectivity index (χ1n) is 6.95. The van der Waals surface area contributed by atoms with Gasteiger partial charge in [0.1, 0.15) is 5.78 Å². The van der Waals surface area contributed by atoms with Crippen molar-refractivity contribution in [2.45, 2.75) is 64.6 Å². The van der Waals surface area contributed by atoms with Crippen molar-refractivity contribution in [3.63, 3.8) is 0 Å². The lowest BCUT2D eigenvalue weighted by Gasteiger charge is -2.50. The Morgan fingerprint density at radius 3 is 2.65 bits per heavy atom. The van der Waals surface area contributed by atoms with E-state index in [-0.39, 0.29) is 17.6 Å².